The van der Waals surface area contributed by atoms with Crippen molar-refractivity contribution in [1.82, 2.24) is 15.5 Å². The normalized spacial score (nSPS) is 15.6. The number of carbonyl (C=O) groups is 1. The number of allylic oxidation sites excluding steroid dienone is 1. The second-order valence-electron chi connectivity index (χ2n) is 8.48. The number of carbonyl (C=O) groups excluding carboxylic acids is 1. The van der Waals surface area contributed by atoms with Crippen LogP contribution in [0, 0.1) is 6.92 Å². The molecule has 8 nitrogen and oxygen atoms in total. The number of hydrogen-bond acceptors (Lipinski definition) is 6. The minimum atomic E-state index is -0.474. The number of nitrogens with one attached hydrogen (secondary N) is 1. The van der Waals surface area contributed by atoms with Crippen molar-refractivity contribution in [2.75, 3.05) is 19.1 Å². The SMILES string of the molecule is COc1cccc(-c2noc(C3=C(C)N(c4cccc(OC)c4)C(=O)NC3c3ccc(C)cc3)n2)c1. The van der Waals surface area contributed by atoms with E-state index in [1.54, 1.807) is 19.1 Å². The van der Waals surface area contributed by atoms with E-state index in [9.17, 15) is 4.79 Å². The van der Waals surface area contributed by atoms with Gasteiger partial charge in [0, 0.05) is 17.3 Å². The molecule has 0 aliphatic carbocycles. The second-order valence-corrected chi connectivity index (χ2v) is 8.48. The fourth-order valence-electron chi connectivity index (χ4n) is 4.30. The first-order valence-corrected chi connectivity index (χ1v) is 11.5. The van der Waals surface area contributed by atoms with E-state index in [1.807, 2.05) is 86.6 Å². The number of anilines is 1. The van der Waals surface area contributed by atoms with Crippen LogP contribution in [0.25, 0.3) is 17.0 Å². The average Bonchev–Trinajstić information content (AvgIpc) is 3.39. The minimum Gasteiger partial charge on any atom is -0.497 e. The number of rotatable bonds is 6. The van der Waals surface area contributed by atoms with Crippen LogP contribution in [0.5, 0.6) is 11.5 Å². The van der Waals surface area contributed by atoms with Crippen molar-refractivity contribution < 1.29 is 18.8 Å². The first-order valence-electron chi connectivity index (χ1n) is 11.5. The maximum atomic E-state index is 13.4. The van der Waals surface area contributed by atoms with Gasteiger partial charge in [0.05, 0.1) is 31.5 Å². The van der Waals surface area contributed by atoms with Gasteiger partial charge in [-0.15, -0.1) is 0 Å². The molecule has 0 radical (unpaired) electrons. The summed E-state index contributed by atoms with van der Waals surface area (Å²) < 4.78 is 16.5. The van der Waals surface area contributed by atoms with Gasteiger partial charge in [-0.2, -0.15) is 4.98 Å². The predicted octanol–water partition coefficient (Wildman–Crippen LogP) is 5.76. The van der Waals surface area contributed by atoms with Gasteiger partial charge in [-0.1, -0.05) is 53.2 Å². The van der Waals surface area contributed by atoms with Crippen molar-refractivity contribution in [3.8, 4) is 22.9 Å². The molecule has 1 unspecified atom stereocenters. The molecular formula is C28H26N4O4. The molecule has 5 rings (SSSR count). The van der Waals surface area contributed by atoms with E-state index in [-0.39, 0.29) is 6.03 Å². The maximum Gasteiger partial charge on any atom is 0.327 e. The fourth-order valence-corrected chi connectivity index (χ4v) is 4.30. The Labute approximate surface area is 209 Å². The minimum absolute atomic E-state index is 0.261. The molecule has 4 aromatic rings. The number of urea groups is 1. The highest BCUT2D eigenvalue weighted by molar-refractivity contribution is 6.01. The van der Waals surface area contributed by atoms with Gasteiger partial charge in [-0.25, -0.2) is 4.79 Å². The van der Waals surface area contributed by atoms with E-state index in [4.69, 9.17) is 19.0 Å². The van der Waals surface area contributed by atoms with Crippen LogP contribution in [0.4, 0.5) is 10.5 Å². The summed E-state index contributed by atoms with van der Waals surface area (Å²) in [6, 6.07) is 22.1. The van der Waals surface area contributed by atoms with Gasteiger partial charge in [-0.3, -0.25) is 4.90 Å². The molecule has 1 N–H and O–H groups in total. The Bertz CT molecular complexity index is 1440. The van der Waals surface area contributed by atoms with Gasteiger partial charge < -0.3 is 19.3 Å². The largest absolute Gasteiger partial charge is 0.497 e. The third-order valence-corrected chi connectivity index (χ3v) is 6.19. The molecule has 8 heteroatoms. The molecule has 2 amide bonds. The Kier molecular flexibility index (Phi) is 6.16. The molecule has 1 aliphatic heterocycles. The van der Waals surface area contributed by atoms with E-state index >= 15 is 0 Å². The highest BCUT2D eigenvalue weighted by Crippen LogP contribution is 2.39. The monoisotopic (exact) mass is 482 g/mol. The van der Waals surface area contributed by atoms with Crippen LogP contribution in [0.15, 0.2) is 83.0 Å². The maximum absolute atomic E-state index is 13.4. The summed E-state index contributed by atoms with van der Waals surface area (Å²) in [4.78, 5) is 19.7. The molecule has 0 saturated carbocycles. The van der Waals surface area contributed by atoms with Crippen LogP contribution in [-0.4, -0.2) is 30.4 Å². The van der Waals surface area contributed by atoms with Crippen molar-refractivity contribution in [1.29, 1.82) is 0 Å². The summed E-state index contributed by atoms with van der Waals surface area (Å²) in [7, 11) is 3.20. The summed E-state index contributed by atoms with van der Waals surface area (Å²) in [5.41, 5.74) is 4.85. The predicted molar refractivity (Wildman–Crippen MR) is 137 cm³/mol. The summed E-state index contributed by atoms with van der Waals surface area (Å²) in [5, 5.41) is 7.36. The zero-order valence-electron chi connectivity index (χ0n) is 20.5. The Morgan fingerprint density at radius 1 is 0.917 bits per heavy atom. The molecule has 0 fully saturated rings. The fraction of sp³-hybridized carbons (Fsp3) is 0.179. The van der Waals surface area contributed by atoms with Gasteiger partial charge in [0.25, 0.3) is 5.89 Å². The second kappa shape index (κ2) is 9.58. The summed E-state index contributed by atoms with van der Waals surface area (Å²) in [5.74, 6) is 2.09. The third kappa shape index (κ3) is 4.29. The van der Waals surface area contributed by atoms with E-state index < -0.39 is 6.04 Å². The molecule has 1 aliphatic rings. The quantitative estimate of drug-likeness (QED) is 0.376. The van der Waals surface area contributed by atoms with Crippen molar-refractivity contribution in [2.45, 2.75) is 19.9 Å². The molecule has 0 bridgehead atoms. The number of ether oxygens (including phenoxy) is 2. The lowest BCUT2D eigenvalue weighted by Gasteiger charge is -2.35. The number of benzene rings is 3. The summed E-state index contributed by atoms with van der Waals surface area (Å²) in [6.07, 6.45) is 0. The van der Waals surface area contributed by atoms with Crippen LogP contribution in [0.3, 0.4) is 0 Å². The molecule has 0 saturated heterocycles. The molecule has 36 heavy (non-hydrogen) atoms. The smallest absolute Gasteiger partial charge is 0.327 e. The first kappa shape index (κ1) is 23.2. The molecular weight excluding hydrogens is 456 g/mol. The summed E-state index contributed by atoms with van der Waals surface area (Å²) in [6.45, 7) is 3.90. The molecule has 0 spiro atoms. The van der Waals surface area contributed by atoms with Gasteiger partial charge in [0.15, 0.2) is 0 Å². The highest BCUT2D eigenvalue weighted by Gasteiger charge is 2.36. The number of aromatic nitrogens is 2. The van der Waals surface area contributed by atoms with Crippen molar-refractivity contribution in [3.63, 3.8) is 0 Å². The zero-order valence-corrected chi connectivity index (χ0v) is 20.5. The summed E-state index contributed by atoms with van der Waals surface area (Å²) >= 11 is 0. The average molecular weight is 483 g/mol. The topological polar surface area (TPSA) is 89.7 Å². The van der Waals surface area contributed by atoms with E-state index in [1.165, 1.54) is 0 Å². The van der Waals surface area contributed by atoms with Crippen LogP contribution in [0.1, 0.15) is 30.0 Å². The Morgan fingerprint density at radius 3 is 2.33 bits per heavy atom. The van der Waals surface area contributed by atoms with Gasteiger partial charge in [0.2, 0.25) is 5.82 Å². The molecule has 182 valence electrons. The van der Waals surface area contributed by atoms with Gasteiger partial charge >= 0.3 is 6.03 Å². The molecule has 2 heterocycles. The lowest BCUT2D eigenvalue weighted by Crippen LogP contribution is -2.46. The zero-order chi connectivity index (χ0) is 25.2. The van der Waals surface area contributed by atoms with Crippen LogP contribution < -0.4 is 19.7 Å². The van der Waals surface area contributed by atoms with Gasteiger partial charge in [-0.05, 0) is 43.7 Å². The van der Waals surface area contributed by atoms with Crippen LogP contribution >= 0.6 is 0 Å². The van der Waals surface area contributed by atoms with E-state index in [0.29, 0.717) is 40.2 Å². The number of nitrogens with zero attached hydrogens (tertiary/aromatic N) is 3. The van der Waals surface area contributed by atoms with E-state index in [0.717, 1.165) is 16.7 Å². The molecule has 3 aromatic carbocycles. The highest BCUT2D eigenvalue weighted by atomic mass is 16.5. The van der Waals surface area contributed by atoms with Crippen molar-refractivity contribution in [3.05, 3.63) is 95.5 Å². The van der Waals surface area contributed by atoms with Crippen LogP contribution in [-0.2, 0) is 0 Å². The number of hydrogen-bond donors (Lipinski definition) is 1. The Balaban J connectivity index is 1.65. The van der Waals surface area contributed by atoms with Crippen LogP contribution in [0.2, 0.25) is 0 Å². The first-order chi connectivity index (χ1) is 17.5. The van der Waals surface area contributed by atoms with E-state index in [2.05, 4.69) is 10.5 Å². The van der Waals surface area contributed by atoms with Crippen molar-refractivity contribution >= 4 is 17.3 Å². The number of amides is 2. The van der Waals surface area contributed by atoms with Gasteiger partial charge in [0.1, 0.15) is 11.5 Å². The third-order valence-electron chi connectivity index (χ3n) is 6.19. The molecule has 1 atom stereocenters. The number of methoxy groups -OCH3 is 2. The Hall–Kier alpha value is -4.59. The lowest BCUT2D eigenvalue weighted by atomic mass is 9.94. The lowest BCUT2D eigenvalue weighted by molar-refractivity contribution is 0.244. The Morgan fingerprint density at radius 2 is 1.61 bits per heavy atom. The number of aryl methyl sites for hydroxylation is 1. The van der Waals surface area contributed by atoms with Crippen molar-refractivity contribution in [2.24, 2.45) is 0 Å². The molecule has 1 aromatic heterocycles. The standard InChI is InChI=1S/C28H26N4O4/c1-17-11-13-19(14-12-17)25-24(27-30-26(31-36-27)20-7-5-9-22(15-20)34-3)18(2)32(28(33)29-25)21-8-6-10-23(16-21)35-4/h5-16,25H,1-4H3,(H,29,33).